The van der Waals surface area contributed by atoms with Crippen molar-refractivity contribution >= 4 is 28.4 Å². The van der Waals surface area contributed by atoms with Crippen molar-refractivity contribution in [3.05, 3.63) is 39.1 Å². The Morgan fingerprint density at radius 2 is 1.71 bits per heavy atom. The molecular weight excluding hydrogens is 373 g/mol. The van der Waals surface area contributed by atoms with E-state index in [9.17, 15) is 0 Å². The number of halogens is 1. The van der Waals surface area contributed by atoms with Crippen LogP contribution in [0.5, 0.6) is 0 Å². The normalized spacial score (nSPS) is 11.7. The van der Waals surface area contributed by atoms with Gasteiger partial charge in [-0.25, -0.2) is 9.97 Å². The molecule has 4 heteroatoms. The maximum Gasteiger partial charge on any atom is 0.161 e. The minimum Gasteiger partial charge on any atom is -0.383 e. The molecule has 1 aromatic carbocycles. The minimum absolute atomic E-state index is 0.151. The van der Waals surface area contributed by atoms with E-state index < -0.39 is 0 Å². The van der Waals surface area contributed by atoms with Gasteiger partial charge in [0.05, 0.1) is 9.26 Å². The van der Waals surface area contributed by atoms with Crippen LogP contribution in [0, 0.1) is 3.57 Å². The molecule has 0 aliphatic rings. The molecule has 0 spiro atoms. The maximum atomic E-state index is 6.03. The van der Waals surface area contributed by atoms with Crippen molar-refractivity contribution in [2.24, 2.45) is 0 Å². The van der Waals surface area contributed by atoms with Crippen LogP contribution in [0.1, 0.15) is 45.4 Å². The van der Waals surface area contributed by atoms with Gasteiger partial charge in [-0.1, -0.05) is 58.4 Å². The van der Waals surface area contributed by atoms with Crippen LogP contribution in [0.4, 0.5) is 5.82 Å². The Balaban J connectivity index is 2.42. The highest BCUT2D eigenvalue weighted by molar-refractivity contribution is 14.1. The van der Waals surface area contributed by atoms with E-state index in [1.807, 2.05) is 0 Å². The summed E-state index contributed by atoms with van der Waals surface area (Å²) < 4.78 is 0.976. The number of nitrogens with zero attached hydrogens (tertiary/aromatic N) is 2. The molecule has 0 bridgehead atoms. The Morgan fingerprint density at radius 3 is 2.24 bits per heavy atom. The standard InChI is InChI=1S/C17H22IN3/c1-5-6-13-14(18)15(19)21-16(20-13)11-7-9-12(10-8-11)17(2,3)4/h7-10H,5-6H2,1-4H3,(H2,19,20,21). The van der Waals surface area contributed by atoms with Gasteiger partial charge in [0.25, 0.3) is 0 Å². The molecule has 0 amide bonds. The Kier molecular flexibility index (Phi) is 4.86. The molecule has 3 nitrogen and oxygen atoms in total. The molecule has 2 N–H and O–H groups in total. The zero-order chi connectivity index (χ0) is 15.6. The van der Waals surface area contributed by atoms with Crippen LogP contribution in [-0.4, -0.2) is 9.97 Å². The molecule has 0 saturated carbocycles. The molecule has 21 heavy (non-hydrogen) atoms. The van der Waals surface area contributed by atoms with Crippen molar-refractivity contribution in [2.45, 2.75) is 46.0 Å². The van der Waals surface area contributed by atoms with Crippen LogP contribution in [0.3, 0.4) is 0 Å². The molecule has 1 aromatic heterocycles. The molecule has 0 atom stereocenters. The van der Waals surface area contributed by atoms with Gasteiger partial charge in [-0.05, 0) is 40.0 Å². The smallest absolute Gasteiger partial charge is 0.161 e. The third kappa shape index (κ3) is 3.73. The second-order valence-corrected chi connectivity index (χ2v) is 7.35. The summed E-state index contributed by atoms with van der Waals surface area (Å²) in [5.74, 6) is 1.29. The van der Waals surface area contributed by atoms with E-state index >= 15 is 0 Å². The number of hydrogen-bond donors (Lipinski definition) is 1. The van der Waals surface area contributed by atoms with Crippen molar-refractivity contribution in [1.82, 2.24) is 9.97 Å². The first kappa shape index (κ1) is 16.2. The van der Waals surface area contributed by atoms with Crippen molar-refractivity contribution in [2.75, 3.05) is 5.73 Å². The van der Waals surface area contributed by atoms with Gasteiger partial charge in [0.15, 0.2) is 5.82 Å². The summed E-state index contributed by atoms with van der Waals surface area (Å²) >= 11 is 2.23. The van der Waals surface area contributed by atoms with E-state index in [0.29, 0.717) is 5.82 Å². The fraction of sp³-hybridized carbons (Fsp3) is 0.412. The first-order valence-corrected chi connectivity index (χ1v) is 8.33. The molecule has 0 aliphatic carbocycles. The number of rotatable bonds is 3. The highest BCUT2D eigenvalue weighted by atomic mass is 127. The molecule has 112 valence electrons. The number of nitrogen functional groups attached to an aromatic ring is 1. The van der Waals surface area contributed by atoms with Crippen LogP contribution in [0.25, 0.3) is 11.4 Å². The molecule has 0 fully saturated rings. The number of anilines is 1. The quantitative estimate of drug-likeness (QED) is 0.774. The predicted octanol–water partition coefficient (Wildman–Crippen LogP) is 4.58. The molecule has 2 rings (SSSR count). The topological polar surface area (TPSA) is 51.8 Å². The number of aromatic nitrogens is 2. The molecule has 0 aliphatic heterocycles. The monoisotopic (exact) mass is 395 g/mol. The zero-order valence-electron chi connectivity index (χ0n) is 13.1. The van der Waals surface area contributed by atoms with Gasteiger partial charge in [-0.2, -0.15) is 0 Å². The Hall–Kier alpha value is -1.17. The Morgan fingerprint density at radius 1 is 1.10 bits per heavy atom. The Bertz CT molecular complexity index is 628. The SMILES string of the molecule is CCCc1nc(-c2ccc(C(C)(C)C)cc2)nc(N)c1I. The lowest BCUT2D eigenvalue weighted by molar-refractivity contribution is 0.590. The summed E-state index contributed by atoms with van der Waals surface area (Å²) in [6, 6.07) is 8.45. The molecule has 2 aromatic rings. The fourth-order valence-electron chi connectivity index (χ4n) is 2.16. The van der Waals surface area contributed by atoms with E-state index in [1.165, 1.54) is 5.56 Å². The van der Waals surface area contributed by atoms with Gasteiger partial charge in [-0.3, -0.25) is 0 Å². The molecule has 0 saturated heterocycles. The number of aryl methyl sites for hydroxylation is 1. The lowest BCUT2D eigenvalue weighted by Gasteiger charge is -2.19. The predicted molar refractivity (Wildman–Crippen MR) is 97.3 cm³/mol. The first-order valence-electron chi connectivity index (χ1n) is 7.25. The number of benzene rings is 1. The minimum atomic E-state index is 0.151. The van der Waals surface area contributed by atoms with Crippen molar-refractivity contribution in [1.29, 1.82) is 0 Å². The molecule has 1 heterocycles. The lowest BCUT2D eigenvalue weighted by Crippen LogP contribution is -2.10. The lowest BCUT2D eigenvalue weighted by atomic mass is 9.87. The van der Waals surface area contributed by atoms with Gasteiger partial charge >= 0.3 is 0 Å². The summed E-state index contributed by atoms with van der Waals surface area (Å²) in [6.07, 6.45) is 1.98. The van der Waals surface area contributed by atoms with Gasteiger partial charge in [0, 0.05) is 5.56 Å². The van der Waals surface area contributed by atoms with Gasteiger partial charge in [0.1, 0.15) is 5.82 Å². The van der Waals surface area contributed by atoms with Crippen LogP contribution in [0.2, 0.25) is 0 Å². The van der Waals surface area contributed by atoms with E-state index in [0.717, 1.165) is 33.5 Å². The van der Waals surface area contributed by atoms with Gasteiger partial charge in [0.2, 0.25) is 0 Å². The van der Waals surface area contributed by atoms with E-state index in [-0.39, 0.29) is 5.41 Å². The summed E-state index contributed by atoms with van der Waals surface area (Å²) in [4.78, 5) is 9.12. The second kappa shape index (κ2) is 6.30. The van der Waals surface area contributed by atoms with E-state index in [4.69, 9.17) is 5.73 Å². The summed E-state index contributed by atoms with van der Waals surface area (Å²) in [6.45, 7) is 8.77. The molecule has 0 radical (unpaired) electrons. The Labute approximate surface area is 140 Å². The number of hydrogen-bond acceptors (Lipinski definition) is 3. The van der Waals surface area contributed by atoms with Crippen LogP contribution in [0.15, 0.2) is 24.3 Å². The van der Waals surface area contributed by atoms with E-state index in [1.54, 1.807) is 0 Å². The van der Waals surface area contributed by atoms with Crippen molar-refractivity contribution < 1.29 is 0 Å². The first-order chi connectivity index (χ1) is 9.82. The van der Waals surface area contributed by atoms with Crippen LogP contribution < -0.4 is 5.73 Å². The average Bonchev–Trinajstić information content (AvgIpc) is 2.43. The third-order valence-electron chi connectivity index (χ3n) is 3.44. The van der Waals surface area contributed by atoms with Gasteiger partial charge in [-0.15, -0.1) is 0 Å². The fourth-order valence-corrected chi connectivity index (χ4v) is 2.67. The summed E-state index contributed by atoms with van der Waals surface area (Å²) in [5, 5.41) is 0. The highest BCUT2D eigenvalue weighted by Gasteiger charge is 2.15. The van der Waals surface area contributed by atoms with Crippen molar-refractivity contribution in [3.8, 4) is 11.4 Å². The van der Waals surface area contributed by atoms with E-state index in [2.05, 4.69) is 84.5 Å². The van der Waals surface area contributed by atoms with Gasteiger partial charge < -0.3 is 5.73 Å². The van der Waals surface area contributed by atoms with Crippen LogP contribution >= 0.6 is 22.6 Å². The largest absolute Gasteiger partial charge is 0.383 e. The van der Waals surface area contributed by atoms with Crippen molar-refractivity contribution in [3.63, 3.8) is 0 Å². The zero-order valence-corrected chi connectivity index (χ0v) is 15.2. The third-order valence-corrected chi connectivity index (χ3v) is 4.62. The summed E-state index contributed by atoms with van der Waals surface area (Å²) in [5.41, 5.74) is 9.54. The summed E-state index contributed by atoms with van der Waals surface area (Å²) in [7, 11) is 0. The molecular formula is C17H22IN3. The highest BCUT2D eigenvalue weighted by Crippen LogP contribution is 2.26. The second-order valence-electron chi connectivity index (χ2n) is 6.27. The van der Waals surface area contributed by atoms with Crippen LogP contribution in [-0.2, 0) is 11.8 Å². The molecule has 0 unspecified atom stereocenters. The average molecular weight is 395 g/mol. The maximum absolute atomic E-state index is 6.03. The number of nitrogens with two attached hydrogens (primary N) is 1.